The number of hydrogen-bond acceptors (Lipinski definition) is 4. The molecule has 1 unspecified atom stereocenters. The number of nitrogens with zero attached hydrogens (tertiary/aromatic N) is 1. The van der Waals surface area contributed by atoms with E-state index in [1.165, 1.54) is 10.4 Å². The normalized spacial score (nSPS) is 12.6. The van der Waals surface area contributed by atoms with Crippen molar-refractivity contribution in [1.82, 2.24) is 10.3 Å². The molecule has 4 heteroatoms. The van der Waals surface area contributed by atoms with Crippen LogP contribution in [-0.2, 0) is 0 Å². The fourth-order valence-electron chi connectivity index (χ4n) is 2.02. The van der Waals surface area contributed by atoms with Crippen LogP contribution in [0.15, 0.2) is 36.0 Å². The topological polar surface area (TPSA) is 34.2 Å². The van der Waals surface area contributed by atoms with Crippen molar-refractivity contribution in [3.63, 3.8) is 0 Å². The van der Waals surface area contributed by atoms with Crippen molar-refractivity contribution in [1.29, 1.82) is 0 Å². The predicted molar refractivity (Wildman–Crippen MR) is 79.8 cm³/mol. The summed E-state index contributed by atoms with van der Waals surface area (Å²) in [6, 6.07) is 8.35. The first-order chi connectivity index (χ1) is 9.22. The fraction of sp³-hybridized carbons (Fsp3) is 0.400. The van der Waals surface area contributed by atoms with Gasteiger partial charge in [0.15, 0.2) is 0 Å². The Balaban J connectivity index is 2.36. The number of ether oxygens (including phenoxy) is 1. The van der Waals surface area contributed by atoms with Crippen molar-refractivity contribution in [3.05, 3.63) is 46.4 Å². The van der Waals surface area contributed by atoms with Gasteiger partial charge in [-0.25, -0.2) is 0 Å². The fourth-order valence-corrected chi connectivity index (χ4v) is 2.73. The predicted octanol–water partition coefficient (Wildman–Crippen LogP) is 3.63. The Kier molecular flexibility index (Phi) is 4.93. The van der Waals surface area contributed by atoms with Gasteiger partial charge in [-0.05, 0) is 26.5 Å². The number of thiazole rings is 1. The van der Waals surface area contributed by atoms with Gasteiger partial charge in [0.1, 0.15) is 5.75 Å². The Morgan fingerprint density at radius 3 is 2.74 bits per heavy atom. The zero-order valence-electron chi connectivity index (χ0n) is 11.6. The lowest BCUT2D eigenvalue weighted by Crippen LogP contribution is -2.22. The van der Waals surface area contributed by atoms with Crippen LogP contribution in [0.2, 0.25) is 0 Å². The maximum absolute atomic E-state index is 5.91. The molecule has 0 aliphatic heterocycles. The number of benzene rings is 1. The number of rotatable bonds is 6. The lowest BCUT2D eigenvalue weighted by Gasteiger charge is -2.21. The van der Waals surface area contributed by atoms with Crippen LogP contribution < -0.4 is 10.1 Å². The van der Waals surface area contributed by atoms with Gasteiger partial charge < -0.3 is 10.1 Å². The zero-order chi connectivity index (χ0) is 13.7. The summed E-state index contributed by atoms with van der Waals surface area (Å²) in [4.78, 5) is 5.39. The molecule has 2 rings (SSSR count). The van der Waals surface area contributed by atoms with Crippen molar-refractivity contribution in [2.45, 2.75) is 32.9 Å². The Morgan fingerprint density at radius 1 is 1.32 bits per heavy atom. The van der Waals surface area contributed by atoms with E-state index >= 15 is 0 Å². The highest BCUT2D eigenvalue weighted by molar-refractivity contribution is 7.09. The molecule has 0 spiro atoms. The molecular formula is C15H20N2OS. The molecule has 0 amide bonds. The minimum absolute atomic E-state index is 0.146. The Hall–Kier alpha value is -1.39. The Morgan fingerprint density at radius 2 is 2.11 bits per heavy atom. The number of nitrogens with one attached hydrogen (secondary N) is 1. The third kappa shape index (κ3) is 3.55. The first kappa shape index (κ1) is 14.0. The second-order valence-electron chi connectivity index (χ2n) is 4.60. The summed E-state index contributed by atoms with van der Waals surface area (Å²) in [5.41, 5.74) is 3.04. The number of para-hydroxylation sites is 1. The molecule has 2 aromatic rings. The molecule has 0 aliphatic carbocycles. The van der Waals surface area contributed by atoms with Gasteiger partial charge in [0.25, 0.3) is 0 Å². The standard InChI is InChI=1S/C15H20N2OS/c1-4-17-15(14-9-16-10-19-14)12-7-5-6-8-13(12)18-11(2)3/h5-11,15,17H,4H2,1-3H3. The summed E-state index contributed by atoms with van der Waals surface area (Å²) in [5, 5.41) is 3.51. The van der Waals surface area contributed by atoms with Gasteiger partial charge in [-0.2, -0.15) is 0 Å². The van der Waals surface area contributed by atoms with E-state index in [-0.39, 0.29) is 12.1 Å². The van der Waals surface area contributed by atoms with Gasteiger partial charge >= 0.3 is 0 Å². The third-order valence-corrected chi connectivity index (χ3v) is 3.58. The van der Waals surface area contributed by atoms with Crippen LogP contribution in [0.3, 0.4) is 0 Å². The SMILES string of the molecule is CCNC(c1cncs1)c1ccccc1OC(C)C. The van der Waals surface area contributed by atoms with Gasteiger partial charge in [0.05, 0.1) is 17.7 Å². The van der Waals surface area contributed by atoms with Crippen LogP contribution in [0.5, 0.6) is 5.75 Å². The minimum atomic E-state index is 0.146. The van der Waals surface area contributed by atoms with Crippen molar-refractivity contribution in [3.8, 4) is 5.75 Å². The molecular weight excluding hydrogens is 256 g/mol. The average Bonchev–Trinajstić information content (AvgIpc) is 2.90. The molecule has 0 radical (unpaired) electrons. The smallest absolute Gasteiger partial charge is 0.124 e. The van der Waals surface area contributed by atoms with E-state index in [4.69, 9.17) is 4.74 Å². The van der Waals surface area contributed by atoms with E-state index in [1.807, 2.05) is 43.8 Å². The third-order valence-electron chi connectivity index (χ3n) is 2.74. The van der Waals surface area contributed by atoms with Crippen LogP contribution in [0, 0.1) is 0 Å². The first-order valence-corrected chi connectivity index (χ1v) is 7.47. The van der Waals surface area contributed by atoms with Crippen LogP contribution in [0.1, 0.15) is 37.3 Å². The summed E-state index contributed by atoms with van der Waals surface area (Å²) in [7, 11) is 0. The molecule has 19 heavy (non-hydrogen) atoms. The summed E-state index contributed by atoms with van der Waals surface area (Å²) >= 11 is 1.66. The largest absolute Gasteiger partial charge is 0.491 e. The molecule has 1 atom stereocenters. The molecule has 3 nitrogen and oxygen atoms in total. The van der Waals surface area contributed by atoms with E-state index in [0.717, 1.165) is 12.3 Å². The quantitative estimate of drug-likeness (QED) is 0.875. The summed E-state index contributed by atoms with van der Waals surface area (Å²) in [5.74, 6) is 0.942. The minimum Gasteiger partial charge on any atom is -0.491 e. The summed E-state index contributed by atoms with van der Waals surface area (Å²) in [6.45, 7) is 7.11. The van der Waals surface area contributed by atoms with Gasteiger partial charge in [-0.15, -0.1) is 11.3 Å². The summed E-state index contributed by atoms with van der Waals surface area (Å²) < 4.78 is 5.91. The second kappa shape index (κ2) is 6.68. The van der Waals surface area contributed by atoms with Crippen LogP contribution in [-0.4, -0.2) is 17.6 Å². The Labute approximate surface area is 118 Å². The lowest BCUT2D eigenvalue weighted by atomic mass is 10.0. The number of hydrogen-bond donors (Lipinski definition) is 1. The molecule has 0 saturated heterocycles. The molecule has 102 valence electrons. The Bertz CT molecular complexity index is 497. The van der Waals surface area contributed by atoms with E-state index in [9.17, 15) is 0 Å². The van der Waals surface area contributed by atoms with Crippen molar-refractivity contribution in [2.24, 2.45) is 0 Å². The molecule has 1 heterocycles. The maximum Gasteiger partial charge on any atom is 0.124 e. The lowest BCUT2D eigenvalue weighted by molar-refractivity contribution is 0.238. The molecule has 1 N–H and O–H groups in total. The van der Waals surface area contributed by atoms with Crippen molar-refractivity contribution < 1.29 is 4.74 Å². The highest BCUT2D eigenvalue weighted by Crippen LogP contribution is 2.32. The first-order valence-electron chi connectivity index (χ1n) is 6.59. The molecule has 1 aromatic carbocycles. The zero-order valence-corrected chi connectivity index (χ0v) is 12.4. The maximum atomic E-state index is 5.91. The van der Waals surface area contributed by atoms with E-state index in [0.29, 0.717) is 0 Å². The highest BCUT2D eigenvalue weighted by atomic mass is 32.1. The molecule has 1 aromatic heterocycles. The van der Waals surface area contributed by atoms with E-state index in [1.54, 1.807) is 11.3 Å². The van der Waals surface area contributed by atoms with E-state index < -0.39 is 0 Å². The van der Waals surface area contributed by atoms with E-state index in [2.05, 4.69) is 23.3 Å². The van der Waals surface area contributed by atoms with Crippen LogP contribution in [0.25, 0.3) is 0 Å². The van der Waals surface area contributed by atoms with Crippen molar-refractivity contribution in [2.75, 3.05) is 6.54 Å². The van der Waals surface area contributed by atoms with Gasteiger partial charge in [0, 0.05) is 16.6 Å². The van der Waals surface area contributed by atoms with Crippen LogP contribution >= 0.6 is 11.3 Å². The monoisotopic (exact) mass is 276 g/mol. The number of aromatic nitrogens is 1. The summed E-state index contributed by atoms with van der Waals surface area (Å²) in [6.07, 6.45) is 2.09. The molecule has 0 saturated carbocycles. The average molecular weight is 276 g/mol. The molecule has 0 fully saturated rings. The van der Waals surface area contributed by atoms with Gasteiger partial charge in [0.2, 0.25) is 0 Å². The second-order valence-corrected chi connectivity index (χ2v) is 5.52. The van der Waals surface area contributed by atoms with Gasteiger partial charge in [-0.3, -0.25) is 4.98 Å². The van der Waals surface area contributed by atoms with Gasteiger partial charge in [-0.1, -0.05) is 25.1 Å². The molecule has 0 aliphatic rings. The van der Waals surface area contributed by atoms with Crippen molar-refractivity contribution >= 4 is 11.3 Å². The molecule has 0 bridgehead atoms. The van der Waals surface area contributed by atoms with Crippen LogP contribution in [0.4, 0.5) is 0 Å². The highest BCUT2D eigenvalue weighted by Gasteiger charge is 2.19.